The van der Waals surface area contributed by atoms with Crippen LogP contribution < -0.4 is 5.73 Å². The summed E-state index contributed by atoms with van der Waals surface area (Å²) in [5.74, 6) is -0.733. The molecule has 1 unspecified atom stereocenters. The summed E-state index contributed by atoms with van der Waals surface area (Å²) in [5.41, 5.74) is 6.84. The van der Waals surface area contributed by atoms with Crippen molar-refractivity contribution in [1.29, 1.82) is 0 Å². The van der Waals surface area contributed by atoms with Crippen LogP contribution in [-0.4, -0.2) is 10.7 Å². The van der Waals surface area contributed by atoms with Crippen LogP contribution in [0.25, 0.3) is 0 Å². The minimum absolute atomic E-state index is 0.297. The maximum atomic E-state index is 12.9. The maximum Gasteiger partial charge on any atom is 0.231 e. The van der Waals surface area contributed by atoms with E-state index in [2.05, 4.69) is 15.9 Å². The number of nitrogens with two attached hydrogens (primary N) is 1. The van der Waals surface area contributed by atoms with Crippen molar-refractivity contribution < 1.29 is 9.18 Å². The molecule has 1 rings (SSSR count). The van der Waals surface area contributed by atoms with Gasteiger partial charge in [-0.05, 0) is 36.6 Å². The molecule has 0 saturated heterocycles. The monoisotopic (exact) mass is 259 g/mol. The SMILES string of the molecule is Cc1ccc(F)cc1CC(Br)C(N)=O. The molecule has 1 amide bonds. The molecule has 0 aliphatic heterocycles. The molecule has 1 atom stereocenters. The Bertz CT molecular complexity index is 354. The zero-order valence-corrected chi connectivity index (χ0v) is 9.34. The first-order valence-electron chi connectivity index (χ1n) is 4.19. The highest BCUT2D eigenvalue weighted by atomic mass is 79.9. The smallest absolute Gasteiger partial charge is 0.231 e. The summed E-state index contributed by atoms with van der Waals surface area (Å²) in [5, 5.41) is 0. The van der Waals surface area contributed by atoms with E-state index in [-0.39, 0.29) is 5.82 Å². The number of hydrogen-bond acceptors (Lipinski definition) is 1. The average molecular weight is 260 g/mol. The Kier molecular flexibility index (Phi) is 3.63. The van der Waals surface area contributed by atoms with Crippen LogP contribution in [0.2, 0.25) is 0 Å². The zero-order chi connectivity index (χ0) is 10.7. The number of aryl methyl sites for hydroxylation is 1. The number of amides is 1. The third-order valence-electron chi connectivity index (χ3n) is 2.02. The van der Waals surface area contributed by atoms with E-state index in [1.807, 2.05) is 6.92 Å². The van der Waals surface area contributed by atoms with Gasteiger partial charge in [-0.3, -0.25) is 4.79 Å². The minimum atomic E-state index is -0.442. The molecule has 0 spiro atoms. The molecule has 76 valence electrons. The molecule has 0 radical (unpaired) electrons. The first kappa shape index (κ1) is 11.2. The van der Waals surface area contributed by atoms with Crippen molar-refractivity contribution >= 4 is 21.8 Å². The van der Waals surface area contributed by atoms with Gasteiger partial charge in [0, 0.05) is 0 Å². The molecule has 0 aliphatic carbocycles. The van der Waals surface area contributed by atoms with Gasteiger partial charge in [0.15, 0.2) is 0 Å². The van der Waals surface area contributed by atoms with Crippen molar-refractivity contribution in [3.8, 4) is 0 Å². The van der Waals surface area contributed by atoms with E-state index in [4.69, 9.17) is 5.73 Å². The molecule has 1 aromatic rings. The summed E-state index contributed by atoms with van der Waals surface area (Å²) in [7, 11) is 0. The van der Waals surface area contributed by atoms with E-state index in [1.54, 1.807) is 6.07 Å². The Hall–Kier alpha value is -0.900. The fourth-order valence-electron chi connectivity index (χ4n) is 1.15. The molecule has 2 nitrogen and oxygen atoms in total. The molecule has 14 heavy (non-hydrogen) atoms. The highest BCUT2D eigenvalue weighted by Crippen LogP contribution is 2.15. The lowest BCUT2D eigenvalue weighted by Crippen LogP contribution is -2.25. The third kappa shape index (κ3) is 2.80. The van der Waals surface area contributed by atoms with Gasteiger partial charge >= 0.3 is 0 Å². The number of carbonyl (C=O) groups excluding carboxylic acids is 1. The Balaban J connectivity index is 2.85. The van der Waals surface area contributed by atoms with Crippen LogP contribution in [0.4, 0.5) is 4.39 Å². The number of rotatable bonds is 3. The number of carbonyl (C=O) groups is 1. The summed E-state index contributed by atoms with van der Waals surface area (Å²) in [6, 6.07) is 4.50. The van der Waals surface area contributed by atoms with Gasteiger partial charge in [0.05, 0.1) is 4.83 Å². The molecule has 0 heterocycles. The number of alkyl halides is 1. The van der Waals surface area contributed by atoms with Gasteiger partial charge in [0.2, 0.25) is 5.91 Å². The largest absolute Gasteiger partial charge is 0.369 e. The fraction of sp³-hybridized carbons (Fsp3) is 0.300. The second kappa shape index (κ2) is 4.55. The molecule has 0 bridgehead atoms. The lowest BCUT2D eigenvalue weighted by molar-refractivity contribution is -0.117. The molecule has 1 aromatic carbocycles. The number of hydrogen-bond donors (Lipinski definition) is 1. The second-order valence-electron chi connectivity index (χ2n) is 3.14. The van der Waals surface area contributed by atoms with Crippen LogP contribution in [0.1, 0.15) is 11.1 Å². The summed E-state index contributed by atoms with van der Waals surface area (Å²) >= 11 is 3.14. The molecular weight excluding hydrogens is 249 g/mol. The van der Waals surface area contributed by atoms with E-state index >= 15 is 0 Å². The Morgan fingerprint density at radius 1 is 1.64 bits per heavy atom. The Morgan fingerprint density at radius 3 is 2.86 bits per heavy atom. The predicted molar refractivity (Wildman–Crippen MR) is 56.8 cm³/mol. The number of benzene rings is 1. The van der Waals surface area contributed by atoms with E-state index in [0.29, 0.717) is 6.42 Å². The normalized spacial score (nSPS) is 12.5. The van der Waals surface area contributed by atoms with Crippen LogP contribution in [0, 0.1) is 12.7 Å². The van der Waals surface area contributed by atoms with Crippen molar-refractivity contribution in [3.05, 3.63) is 35.1 Å². The lowest BCUT2D eigenvalue weighted by atomic mass is 10.0. The molecule has 0 saturated carbocycles. The topological polar surface area (TPSA) is 43.1 Å². The molecule has 4 heteroatoms. The second-order valence-corrected chi connectivity index (χ2v) is 4.25. The van der Waals surface area contributed by atoms with Crippen molar-refractivity contribution in [2.24, 2.45) is 5.73 Å². The van der Waals surface area contributed by atoms with Crippen LogP contribution in [0.3, 0.4) is 0 Å². The molecule has 0 fully saturated rings. The van der Waals surface area contributed by atoms with Crippen molar-refractivity contribution in [2.75, 3.05) is 0 Å². The van der Waals surface area contributed by atoms with Crippen LogP contribution >= 0.6 is 15.9 Å². The maximum absolute atomic E-state index is 12.9. The van der Waals surface area contributed by atoms with Crippen LogP contribution in [0.5, 0.6) is 0 Å². The van der Waals surface area contributed by atoms with Gasteiger partial charge in [-0.25, -0.2) is 4.39 Å². The fourth-order valence-corrected chi connectivity index (χ4v) is 1.50. The summed E-state index contributed by atoms with van der Waals surface area (Å²) in [6.07, 6.45) is 0.416. The van der Waals surface area contributed by atoms with Gasteiger partial charge in [-0.2, -0.15) is 0 Å². The highest BCUT2D eigenvalue weighted by Gasteiger charge is 2.13. The standard InChI is InChI=1S/C10H11BrFNO/c1-6-2-3-8(12)4-7(6)5-9(11)10(13)14/h2-4,9H,5H2,1H3,(H2,13,14). The first-order valence-corrected chi connectivity index (χ1v) is 5.10. The predicted octanol–water partition coefficient (Wildman–Crippen LogP) is 1.93. The Labute approximate surface area is 90.4 Å². The molecular formula is C10H11BrFNO. The molecule has 2 N–H and O–H groups in total. The van der Waals surface area contributed by atoms with Gasteiger partial charge in [-0.1, -0.05) is 22.0 Å². The van der Waals surface area contributed by atoms with Crippen LogP contribution in [0.15, 0.2) is 18.2 Å². The third-order valence-corrected chi connectivity index (χ3v) is 2.79. The van der Waals surface area contributed by atoms with Crippen molar-refractivity contribution in [3.63, 3.8) is 0 Å². The van der Waals surface area contributed by atoms with Gasteiger partial charge in [0.25, 0.3) is 0 Å². The quantitative estimate of drug-likeness (QED) is 0.829. The van der Waals surface area contributed by atoms with E-state index in [9.17, 15) is 9.18 Å². The van der Waals surface area contributed by atoms with Crippen molar-refractivity contribution in [2.45, 2.75) is 18.2 Å². The first-order chi connectivity index (χ1) is 6.50. The Morgan fingerprint density at radius 2 is 2.29 bits per heavy atom. The van der Waals surface area contributed by atoms with Gasteiger partial charge < -0.3 is 5.73 Å². The van der Waals surface area contributed by atoms with Gasteiger partial charge in [-0.15, -0.1) is 0 Å². The molecule has 0 aliphatic rings. The average Bonchev–Trinajstić information content (AvgIpc) is 2.11. The highest BCUT2D eigenvalue weighted by molar-refractivity contribution is 9.10. The van der Waals surface area contributed by atoms with Crippen LogP contribution in [-0.2, 0) is 11.2 Å². The summed E-state index contributed by atoms with van der Waals surface area (Å²) in [6.45, 7) is 1.87. The van der Waals surface area contributed by atoms with Gasteiger partial charge in [0.1, 0.15) is 5.82 Å². The minimum Gasteiger partial charge on any atom is -0.369 e. The summed E-state index contributed by atoms with van der Waals surface area (Å²) < 4.78 is 12.9. The van der Waals surface area contributed by atoms with Crippen molar-refractivity contribution in [1.82, 2.24) is 0 Å². The van der Waals surface area contributed by atoms with E-state index in [0.717, 1.165) is 11.1 Å². The zero-order valence-electron chi connectivity index (χ0n) is 7.76. The number of halogens is 2. The van der Waals surface area contributed by atoms with E-state index < -0.39 is 10.7 Å². The van der Waals surface area contributed by atoms with E-state index in [1.165, 1.54) is 12.1 Å². The molecule has 0 aromatic heterocycles. The number of primary amides is 1. The lowest BCUT2D eigenvalue weighted by Gasteiger charge is -2.08. The summed E-state index contributed by atoms with van der Waals surface area (Å²) in [4.78, 5) is 10.3.